The van der Waals surface area contributed by atoms with E-state index in [0.29, 0.717) is 5.82 Å². The van der Waals surface area contributed by atoms with E-state index in [0.717, 1.165) is 39.3 Å². The summed E-state index contributed by atoms with van der Waals surface area (Å²) >= 11 is 0. The summed E-state index contributed by atoms with van der Waals surface area (Å²) in [5.74, 6) is 0.663. The standard InChI is InChI=1S/C59H36N4/c1-2-14-39(15-3-1)58-62-56(34-57(63-58)42-28-29-55(61-36-42)41-16-12-30-60-35-41)40-27-26-38-25-24-37-13-4-10-22-51(37)59(53(38)31-40)52-23-11-9-21-47(52)50-32-48-45-19-7-5-17-43(45)44-18-6-8-20-46(44)49(48)33-54(50)59/h1-36H. The van der Waals surface area contributed by atoms with E-state index in [1.165, 1.54) is 76.8 Å². The van der Waals surface area contributed by atoms with E-state index in [1.807, 2.05) is 48.8 Å². The minimum Gasteiger partial charge on any atom is -0.264 e. The number of hydrogen-bond acceptors (Lipinski definition) is 4. The molecule has 0 saturated heterocycles. The molecule has 1 spiro atoms. The second-order valence-corrected chi connectivity index (χ2v) is 16.6. The Bertz CT molecular complexity index is 3670. The molecule has 63 heavy (non-hydrogen) atoms. The fraction of sp³-hybridized carbons (Fsp3) is 0.0169. The predicted octanol–water partition coefficient (Wildman–Crippen LogP) is 14.2. The molecule has 0 N–H and O–H groups in total. The number of rotatable bonds is 4. The Morgan fingerprint density at radius 1 is 0.333 bits per heavy atom. The minimum absolute atomic E-state index is 0.636. The molecule has 1 atom stereocenters. The third kappa shape index (κ3) is 5.35. The fourth-order valence-electron chi connectivity index (χ4n) is 10.4. The highest BCUT2D eigenvalue weighted by molar-refractivity contribution is 6.26. The molecule has 2 aliphatic rings. The number of pyridine rings is 2. The van der Waals surface area contributed by atoms with Crippen LogP contribution in [0.25, 0.3) is 101 Å². The Morgan fingerprint density at radius 3 is 1.67 bits per heavy atom. The third-order valence-corrected chi connectivity index (χ3v) is 13.2. The molecule has 0 radical (unpaired) electrons. The lowest BCUT2D eigenvalue weighted by atomic mass is 9.65. The van der Waals surface area contributed by atoms with Crippen LogP contribution in [-0.4, -0.2) is 19.9 Å². The smallest absolute Gasteiger partial charge is 0.160 e. The van der Waals surface area contributed by atoms with Gasteiger partial charge in [-0.15, -0.1) is 0 Å². The highest BCUT2D eigenvalue weighted by Gasteiger charge is 2.49. The Hall–Kier alpha value is -8.34. The fourth-order valence-corrected chi connectivity index (χ4v) is 10.4. The van der Waals surface area contributed by atoms with E-state index in [4.69, 9.17) is 15.0 Å². The zero-order chi connectivity index (χ0) is 41.5. The lowest BCUT2D eigenvalue weighted by molar-refractivity contribution is 0.767. The highest BCUT2D eigenvalue weighted by atomic mass is 14.9. The Balaban J connectivity index is 1.08. The van der Waals surface area contributed by atoms with Crippen molar-refractivity contribution in [2.24, 2.45) is 0 Å². The van der Waals surface area contributed by atoms with Crippen molar-refractivity contribution in [2.75, 3.05) is 0 Å². The zero-order valence-electron chi connectivity index (χ0n) is 34.1. The monoisotopic (exact) mass is 800 g/mol. The van der Waals surface area contributed by atoms with Crippen LogP contribution in [0.5, 0.6) is 0 Å². The largest absolute Gasteiger partial charge is 0.264 e. The molecule has 3 heterocycles. The van der Waals surface area contributed by atoms with Gasteiger partial charge in [0.25, 0.3) is 0 Å². The van der Waals surface area contributed by atoms with Crippen molar-refractivity contribution in [3.05, 3.63) is 240 Å². The molecule has 13 rings (SSSR count). The van der Waals surface area contributed by atoms with Gasteiger partial charge < -0.3 is 0 Å². The highest BCUT2D eigenvalue weighted by Crippen LogP contribution is 2.60. The minimum atomic E-state index is -0.636. The first kappa shape index (κ1) is 35.4. The molecule has 0 aliphatic heterocycles. The van der Waals surface area contributed by atoms with Crippen LogP contribution in [0, 0.1) is 0 Å². The van der Waals surface area contributed by atoms with Crippen LogP contribution in [0.1, 0.15) is 33.4 Å². The summed E-state index contributed by atoms with van der Waals surface area (Å²) in [6.45, 7) is 0. The summed E-state index contributed by atoms with van der Waals surface area (Å²) in [4.78, 5) is 19.7. The first-order valence-electron chi connectivity index (χ1n) is 21.4. The van der Waals surface area contributed by atoms with E-state index in [9.17, 15) is 0 Å². The lowest BCUT2D eigenvalue weighted by Crippen LogP contribution is -2.30. The zero-order valence-corrected chi connectivity index (χ0v) is 34.1. The van der Waals surface area contributed by atoms with Gasteiger partial charge in [-0.25, -0.2) is 9.97 Å². The Kier molecular flexibility index (Phi) is 7.79. The average Bonchev–Trinajstić information content (AvgIpc) is 3.56. The molecule has 4 heteroatoms. The molecule has 0 fully saturated rings. The summed E-state index contributed by atoms with van der Waals surface area (Å²) in [5, 5.41) is 7.62. The molecule has 4 nitrogen and oxygen atoms in total. The summed E-state index contributed by atoms with van der Waals surface area (Å²) < 4.78 is 0. The summed E-state index contributed by atoms with van der Waals surface area (Å²) in [6, 6.07) is 68.2. The van der Waals surface area contributed by atoms with Gasteiger partial charge >= 0.3 is 0 Å². The normalized spacial score (nSPS) is 14.7. The molecular weight excluding hydrogens is 765 g/mol. The van der Waals surface area contributed by atoms with Crippen molar-refractivity contribution in [1.82, 2.24) is 19.9 Å². The van der Waals surface area contributed by atoms with E-state index in [-0.39, 0.29) is 0 Å². The summed E-state index contributed by atoms with van der Waals surface area (Å²) in [5.41, 5.74) is 15.7. The molecular formula is C59H36N4. The van der Waals surface area contributed by atoms with Crippen LogP contribution in [0.15, 0.2) is 207 Å². The molecule has 292 valence electrons. The topological polar surface area (TPSA) is 51.6 Å². The van der Waals surface area contributed by atoms with Crippen molar-refractivity contribution in [1.29, 1.82) is 0 Å². The van der Waals surface area contributed by atoms with Crippen molar-refractivity contribution < 1.29 is 0 Å². The van der Waals surface area contributed by atoms with Crippen molar-refractivity contribution in [2.45, 2.75) is 5.41 Å². The Labute approximate surface area is 364 Å². The lowest BCUT2D eigenvalue weighted by Gasteiger charge is -2.35. The first-order valence-corrected chi connectivity index (χ1v) is 21.4. The second kappa shape index (κ2) is 13.8. The number of hydrogen-bond donors (Lipinski definition) is 0. The number of fused-ring (bicyclic) bond motifs is 15. The molecule has 2 aliphatic carbocycles. The quantitative estimate of drug-likeness (QED) is 0.166. The van der Waals surface area contributed by atoms with Gasteiger partial charge in [-0.05, 0) is 125 Å². The van der Waals surface area contributed by atoms with Gasteiger partial charge in [0, 0.05) is 40.8 Å². The van der Waals surface area contributed by atoms with E-state index in [2.05, 4.69) is 169 Å². The van der Waals surface area contributed by atoms with Gasteiger partial charge in [0.1, 0.15) is 0 Å². The maximum absolute atomic E-state index is 5.33. The predicted molar refractivity (Wildman–Crippen MR) is 258 cm³/mol. The van der Waals surface area contributed by atoms with Gasteiger partial charge in [-0.3, -0.25) is 9.97 Å². The van der Waals surface area contributed by atoms with Crippen LogP contribution in [0.4, 0.5) is 0 Å². The molecule has 0 amide bonds. The number of aromatic nitrogens is 4. The van der Waals surface area contributed by atoms with Gasteiger partial charge in [-0.2, -0.15) is 0 Å². The van der Waals surface area contributed by atoms with Crippen LogP contribution >= 0.6 is 0 Å². The molecule has 0 bridgehead atoms. The summed E-state index contributed by atoms with van der Waals surface area (Å²) in [6.07, 6.45) is 10.1. The van der Waals surface area contributed by atoms with Crippen LogP contribution < -0.4 is 0 Å². The van der Waals surface area contributed by atoms with Gasteiger partial charge in [0.05, 0.1) is 22.5 Å². The van der Waals surface area contributed by atoms with Crippen LogP contribution in [-0.2, 0) is 5.41 Å². The molecule has 3 aromatic heterocycles. The maximum Gasteiger partial charge on any atom is 0.160 e. The van der Waals surface area contributed by atoms with Crippen molar-refractivity contribution in [3.63, 3.8) is 0 Å². The molecule has 11 aromatic rings. The van der Waals surface area contributed by atoms with E-state index < -0.39 is 5.41 Å². The van der Waals surface area contributed by atoms with Crippen molar-refractivity contribution >= 4 is 44.5 Å². The van der Waals surface area contributed by atoms with Gasteiger partial charge in [0.2, 0.25) is 0 Å². The maximum atomic E-state index is 5.33. The Morgan fingerprint density at radius 2 is 0.937 bits per heavy atom. The van der Waals surface area contributed by atoms with Crippen molar-refractivity contribution in [3.8, 4) is 56.3 Å². The number of benzene rings is 8. The SMILES string of the molecule is C1=Cc2ccc(-c3cc(-c4ccc(-c5cccnc5)nc4)nc(-c4ccccc4)n3)cc2C2(c3ccccc31)c1ccccc1-c1cc3c4ccccc4c4ccccc4c3cc12. The van der Waals surface area contributed by atoms with Crippen LogP contribution in [0.2, 0.25) is 0 Å². The molecule has 1 unspecified atom stereocenters. The van der Waals surface area contributed by atoms with Crippen LogP contribution in [0.3, 0.4) is 0 Å². The van der Waals surface area contributed by atoms with E-state index in [1.54, 1.807) is 6.20 Å². The summed E-state index contributed by atoms with van der Waals surface area (Å²) in [7, 11) is 0. The number of nitrogens with zero attached hydrogens (tertiary/aromatic N) is 4. The van der Waals surface area contributed by atoms with Gasteiger partial charge in [-0.1, -0.05) is 152 Å². The first-order chi connectivity index (χ1) is 31.2. The average molecular weight is 801 g/mol. The third-order valence-electron chi connectivity index (χ3n) is 13.2. The molecule has 0 saturated carbocycles. The molecule has 8 aromatic carbocycles. The van der Waals surface area contributed by atoms with E-state index >= 15 is 0 Å². The second-order valence-electron chi connectivity index (χ2n) is 16.6. The van der Waals surface area contributed by atoms with Gasteiger partial charge in [0.15, 0.2) is 5.82 Å².